The number of hydrogen-bond donors (Lipinski definition) is 1. The SMILES string of the molecule is CS(=O)Cc1cccc(C(=O)Nc2cccc(OC(F)(F)F)c2)c1. The normalized spacial score (nSPS) is 12.5. The highest BCUT2D eigenvalue weighted by molar-refractivity contribution is 7.83. The van der Waals surface area contributed by atoms with Gasteiger partial charge in [0.15, 0.2) is 0 Å². The Labute approximate surface area is 139 Å². The molecule has 0 bridgehead atoms. The second-order valence-corrected chi connectivity index (χ2v) is 6.38. The molecule has 2 aromatic carbocycles. The van der Waals surface area contributed by atoms with Crippen molar-refractivity contribution in [1.29, 1.82) is 0 Å². The minimum atomic E-state index is -4.80. The highest BCUT2D eigenvalue weighted by Gasteiger charge is 2.31. The second kappa shape index (κ2) is 7.48. The molecule has 0 spiro atoms. The molecule has 0 saturated carbocycles. The van der Waals surface area contributed by atoms with E-state index in [1.165, 1.54) is 12.1 Å². The molecule has 4 nitrogen and oxygen atoms in total. The summed E-state index contributed by atoms with van der Waals surface area (Å²) in [6, 6.07) is 11.6. The van der Waals surface area contributed by atoms with Crippen LogP contribution < -0.4 is 10.1 Å². The summed E-state index contributed by atoms with van der Waals surface area (Å²) in [5.41, 5.74) is 1.23. The number of nitrogens with one attached hydrogen (secondary N) is 1. The van der Waals surface area contributed by atoms with Crippen LogP contribution in [0.2, 0.25) is 0 Å². The average Bonchev–Trinajstić information content (AvgIpc) is 2.45. The van der Waals surface area contributed by atoms with Crippen LogP contribution in [0, 0.1) is 0 Å². The Morgan fingerprint density at radius 3 is 2.54 bits per heavy atom. The minimum Gasteiger partial charge on any atom is -0.406 e. The molecule has 0 heterocycles. The number of ether oxygens (including phenoxy) is 1. The molecule has 128 valence electrons. The molecule has 2 aromatic rings. The smallest absolute Gasteiger partial charge is 0.406 e. The Bertz CT molecular complexity index is 762. The van der Waals surface area contributed by atoms with E-state index in [1.54, 1.807) is 30.5 Å². The fraction of sp³-hybridized carbons (Fsp3) is 0.188. The van der Waals surface area contributed by atoms with Gasteiger partial charge in [-0.3, -0.25) is 9.00 Å². The Morgan fingerprint density at radius 1 is 1.17 bits per heavy atom. The predicted octanol–water partition coefficient (Wildman–Crippen LogP) is 3.72. The van der Waals surface area contributed by atoms with E-state index in [4.69, 9.17) is 0 Å². The molecule has 0 fully saturated rings. The molecule has 1 N–H and O–H groups in total. The van der Waals surface area contributed by atoms with Crippen molar-refractivity contribution in [2.45, 2.75) is 12.1 Å². The van der Waals surface area contributed by atoms with Crippen molar-refractivity contribution in [3.63, 3.8) is 0 Å². The van der Waals surface area contributed by atoms with Crippen molar-refractivity contribution in [2.75, 3.05) is 11.6 Å². The number of rotatable bonds is 5. The van der Waals surface area contributed by atoms with Crippen LogP contribution in [0.1, 0.15) is 15.9 Å². The van der Waals surface area contributed by atoms with Gasteiger partial charge in [0.1, 0.15) is 5.75 Å². The van der Waals surface area contributed by atoms with Crippen molar-refractivity contribution in [2.24, 2.45) is 0 Å². The van der Waals surface area contributed by atoms with E-state index in [1.807, 2.05) is 0 Å². The highest BCUT2D eigenvalue weighted by Crippen LogP contribution is 2.25. The van der Waals surface area contributed by atoms with E-state index < -0.39 is 28.8 Å². The molecule has 0 radical (unpaired) electrons. The molecule has 1 unspecified atom stereocenters. The molecule has 0 aromatic heterocycles. The van der Waals surface area contributed by atoms with Gasteiger partial charge in [0, 0.05) is 40.1 Å². The Balaban J connectivity index is 2.12. The third-order valence-electron chi connectivity index (χ3n) is 2.88. The number of anilines is 1. The minimum absolute atomic E-state index is 0.172. The van der Waals surface area contributed by atoms with Crippen LogP contribution in [0.3, 0.4) is 0 Å². The molecule has 0 aliphatic rings. The van der Waals surface area contributed by atoms with Crippen LogP contribution >= 0.6 is 0 Å². The van der Waals surface area contributed by atoms with Crippen molar-refractivity contribution in [1.82, 2.24) is 0 Å². The largest absolute Gasteiger partial charge is 0.573 e. The van der Waals surface area contributed by atoms with Gasteiger partial charge < -0.3 is 10.1 Å². The summed E-state index contributed by atoms with van der Waals surface area (Å²) >= 11 is 0. The standard InChI is InChI=1S/C16H14F3NO3S/c1-24(22)10-11-4-2-5-12(8-11)15(21)20-13-6-3-7-14(9-13)23-16(17,18)19/h2-9H,10H2,1H3,(H,20,21). The molecule has 1 atom stereocenters. The Kier molecular flexibility index (Phi) is 5.61. The molecule has 8 heteroatoms. The van der Waals surface area contributed by atoms with E-state index in [2.05, 4.69) is 10.1 Å². The number of hydrogen-bond acceptors (Lipinski definition) is 3. The number of carbonyl (C=O) groups excluding carboxylic acids is 1. The summed E-state index contributed by atoms with van der Waals surface area (Å²) in [5, 5.41) is 2.50. The zero-order chi connectivity index (χ0) is 17.7. The van der Waals surface area contributed by atoms with Gasteiger partial charge in [0.2, 0.25) is 0 Å². The number of benzene rings is 2. The summed E-state index contributed by atoms with van der Waals surface area (Å²) < 4.78 is 51.7. The van der Waals surface area contributed by atoms with Crippen molar-refractivity contribution < 1.29 is 26.9 Å². The molecule has 2 rings (SSSR count). The molecular formula is C16H14F3NO3S. The van der Waals surface area contributed by atoms with Crippen LogP contribution in [0.5, 0.6) is 5.75 Å². The van der Waals surface area contributed by atoms with E-state index in [-0.39, 0.29) is 5.69 Å². The van der Waals surface area contributed by atoms with Gasteiger partial charge in [-0.1, -0.05) is 18.2 Å². The molecule has 0 aliphatic heterocycles. The maximum Gasteiger partial charge on any atom is 0.573 e. The first-order valence-corrected chi connectivity index (χ1v) is 8.52. The monoisotopic (exact) mass is 357 g/mol. The van der Waals surface area contributed by atoms with E-state index in [9.17, 15) is 22.2 Å². The van der Waals surface area contributed by atoms with Crippen LogP contribution in [-0.4, -0.2) is 22.7 Å². The maximum atomic E-state index is 12.2. The van der Waals surface area contributed by atoms with Gasteiger partial charge in [0.25, 0.3) is 5.91 Å². The van der Waals surface area contributed by atoms with Crippen LogP contribution in [0.4, 0.5) is 18.9 Å². The molecule has 1 amide bonds. The van der Waals surface area contributed by atoms with E-state index in [0.717, 1.165) is 17.7 Å². The summed E-state index contributed by atoms with van der Waals surface area (Å²) in [6.45, 7) is 0. The molecule has 0 saturated heterocycles. The molecule has 0 aliphatic carbocycles. The number of carbonyl (C=O) groups is 1. The van der Waals surface area contributed by atoms with Gasteiger partial charge >= 0.3 is 6.36 Å². The third-order valence-corrected chi connectivity index (χ3v) is 3.62. The zero-order valence-electron chi connectivity index (χ0n) is 12.6. The lowest BCUT2D eigenvalue weighted by Crippen LogP contribution is -2.17. The fourth-order valence-corrected chi connectivity index (χ4v) is 2.66. The lowest BCUT2D eigenvalue weighted by atomic mass is 10.1. The summed E-state index contributed by atoms with van der Waals surface area (Å²) in [7, 11) is -1.04. The average molecular weight is 357 g/mol. The number of amides is 1. The van der Waals surface area contributed by atoms with Crippen LogP contribution in [0.25, 0.3) is 0 Å². The van der Waals surface area contributed by atoms with Gasteiger partial charge in [-0.15, -0.1) is 13.2 Å². The van der Waals surface area contributed by atoms with Gasteiger partial charge in [0.05, 0.1) is 0 Å². The molecule has 24 heavy (non-hydrogen) atoms. The topological polar surface area (TPSA) is 55.4 Å². The highest BCUT2D eigenvalue weighted by atomic mass is 32.2. The van der Waals surface area contributed by atoms with Crippen molar-refractivity contribution >= 4 is 22.4 Å². The van der Waals surface area contributed by atoms with Gasteiger partial charge in [-0.05, 0) is 29.8 Å². The predicted molar refractivity (Wildman–Crippen MR) is 85.3 cm³/mol. The lowest BCUT2D eigenvalue weighted by Gasteiger charge is -2.11. The Morgan fingerprint density at radius 2 is 1.88 bits per heavy atom. The van der Waals surface area contributed by atoms with Gasteiger partial charge in [-0.2, -0.15) is 0 Å². The van der Waals surface area contributed by atoms with Crippen LogP contribution in [-0.2, 0) is 16.6 Å². The zero-order valence-corrected chi connectivity index (χ0v) is 13.4. The van der Waals surface area contributed by atoms with E-state index in [0.29, 0.717) is 11.3 Å². The quantitative estimate of drug-likeness (QED) is 0.887. The van der Waals surface area contributed by atoms with Crippen molar-refractivity contribution in [3.8, 4) is 5.75 Å². The summed E-state index contributed by atoms with van der Waals surface area (Å²) in [5.74, 6) is -0.589. The van der Waals surface area contributed by atoms with Crippen molar-refractivity contribution in [3.05, 3.63) is 59.7 Å². The van der Waals surface area contributed by atoms with E-state index >= 15 is 0 Å². The lowest BCUT2D eigenvalue weighted by molar-refractivity contribution is -0.274. The fourth-order valence-electron chi connectivity index (χ4n) is 2.01. The third kappa shape index (κ3) is 5.69. The van der Waals surface area contributed by atoms with Crippen LogP contribution in [0.15, 0.2) is 48.5 Å². The number of alkyl halides is 3. The first kappa shape index (κ1) is 18.0. The summed E-state index contributed by atoms with van der Waals surface area (Å²) in [6.07, 6.45) is -3.24. The first-order chi connectivity index (χ1) is 11.2. The second-order valence-electron chi connectivity index (χ2n) is 4.95. The number of halogens is 3. The first-order valence-electron chi connectivity index (χ1n) is 6.79. The summed E-state index contributed by atoms with van der Waals surface area (Å²) in [4.78, 5) is 12.2. The molecular weight excluding hydrogens is 343 g/mol. The maximum absolute atomic E-state index is 12.2. The Hall–Kier alpha value is -2.35. The van der Waals surface area contributed by atoms with Gasteiger partial charge in [-0.25, -0.2) is 0 Å².